The number of anilines is 1. The summed E-state index contributed by atoms with van der Waals surface area (Å²) in [5.74, 6) is -0.293. The Morgan fingerprint density at radius 3 is 2.35 bits per heavy atom. The molecule has 3 saturated heterocycles. The lowest BCUT2D eigenvalue weighted by molar-refractivity contribution is -0.129. The first-order valence-electron chi connectivity index (χ1n) is 19.2. The summed E-state index contributed by atoms with van der Waals surface area (Å²) >= 11 is 0. The van der Waals surface area contributed by atoms with Crippen LogP contribution in [0.2, 0.25) is 0 Å². The molecule has 0 bridgehead atoms. The van der Waals surface area contributed by atoms with Crippen molar-refractivity contribution in [3.63, 3.8) is 0 Å². The Labute approximate surface area is 320 Å². The van der Waals surface area contributed by atoms with E-state index in [-0.39, 0.29) is 59.7 Å². The summed E-state index contributed by atoms with van der Waals surface area (Å²) in [6.45, 7) is 8.14. The third-order valence-electron chi connectivity index (χ3n) is 12.4. The molecule has 1 saturated carbocycles. The van der Waals surface area contributed by atoms with Gasteiger partial charge in [0.2, 0.25) is 5.91 Å². The zero-order chi connectivity index (χ0) is 38.8. The van der Waals surface area contributed by atoms with Gasteiger partial charge in [-0.2, -0.15) is 5.26 Å². The average Bonchev–Trinajstić information content (AvgIpc) is 3.55. The molecule has 54 heavy (non-hydrogen) atoms. The molecule has 3 heterocycles. The lowest BCUT2D eigenvalue weighted by Gasteiger charge is -2.52. The number of rotatable bonds is 12. The van der Waals surface area contributed by atoms with Crippen LogP contribution in [0.5, 0.6) is 0 Å². The van der Waals surface area contributed by atoms with Gasteiger partial charge in [-0.1, -0.05) is 24.6 Å². The van der Waals surface area contributed by atoms with E-state index in [1.807, 2.05) is 37.2 Å². The highest BCUT2D eigenvalue weighted by Crippen LogP contribution is 2.52. The molecule has 292 valence electrons. The van der Waals surface area contributed by atoms with Crippen LogP contribution in [0, 0.1) is 34.9 Å². The first kappa shape index (κ1) is 39.7. The number of nitriles is 1. The number of carbonyl (C=O) groups excluding carboxylic acids is 2. The number of hydrogen-bond donors (Lipinski definition) is 1. The minimum atomic E-state index is -3.54. The summed E-state index contributed by atoms with van der Waals surface area (Å²) in [4.78, 5) is 33.3. The summed E-state index contributed by atoms with van der Waals surface area (Å²) < 4.78 is 46.3. The van der Waals surface area contributed by atoms with Crippen LogP contribution in [0.1, 0.15) is 51.5 Å². The first-order valence-corrected chi connectivity index (χ1v) is 20.8. The first-order chi connectivity index (χ1) is 25.8. The fourth-order valence-electron chi connectivity index (χ4n) is 9.50. The largest absolute Gasteiger partial charge is 0.453 e. The number of likely N-dealkylation sites (N-methyl/N-ethyl adjacent to an activating group) is 1. The van der Waals surface area contributed by atoms with Crippen LogP contribution in [0.4, 0.5) is 14.9 Å². The maximum Gasteiger partial charge on any atom is 0.407 e. The zero-order valence-electron chi connectivity index (χ0n) is 32.2. The lowest BCUT2D eigenvalue weighted by Crippen LogP contribution is -2.59. The van der Waals surface area contributed by atoms with Gasteiger partial charge in [-0.05, 0) is 102 Å². The molecule has 4 aliphatic rings. The number of nitrogens with zero attached hydrogens (tertiary/aromatic N) is 5. The van der Waals surface area contributed by atoms with E-state index in [2.05, 4.69) is 35.0 Å². The molecular weight excluding hydrogens is 708 g/mol. The number of alkyl carbamates (subject to hydrolysis) is 1. The Kier molecular flexibility index (Phi) is 12.1. The molecule has 3 aliphatic heterocycles. The maximum absolute atomic E-state index is 14.8. The van der Waals surface area contributed by atoms with Crippen LogP contribution >= 0.6 is 0 Å². The van der Waals surface area contributed by atoms with Crippen molar-refractivity contribution in [2.24, 2.45) is 17.8 Å². The number of sulfone groups is 1. The lowest BCUT2D eigenvalue weighted by atomic mass is 9.58. The van der Waals surface area contributed by atoms with Gasteiger partial charge < -0.3 is 24.8 Å². The number of amides is 2. The van der Waals surface area contributed by atoms with E-state index in [4.69, 9.17) is 4.74 Å². The number of halogens is 1. The summed E-state index contributed by atoms with van der Waals surface area (Å²) in [5.41, 5.74) is 0.708. The van der Waals surface area contributed by atoms with Crippen molar-refractivity contribution in [1.29, 1.82) is 5.26 Å². The summed E-state index contributed by atoms with van der Waals surface area (Å²) in [6, 6.07) is 16.5. The van der Waals surface area contributed by atoms with Crippen LogP contribution in [0.3, 0.4) is 0 Å². The van der Waals surface area contributed by atoms with Gasteiger partial charge in [0.05, 0.1) is 23.5 Å². The Bertz CT molecular complexity index is 1830. The summed E-state index contributed by atoms with van der Waals surface area (Å²) in [6.07, 6.45) is 6.72. The van der Waals surface area contributed by atoms with Crippen LogP contribution < -0.4 is 10.2 Å². The van der Waals surface area contributed by atoms with Gasteiger partial charge in [0, 0.05) is 81.0 Å². The van der Waals surface area contributed by atoms with Crippen LogP contribution in [-0.4, -0.2) is 119 Å². The second-order valence-corrected chi connectivity index (χ2v) is 18.4. The number of carbonyl (C=O) groups is 2. The molecule has 6 atom stereocenters. The van der Waals surface area contributed by atoms with Gasteiger partial charge in [0.15, 0.2) is 9.84 Å². The topological polar surface area (TPSA) is 126 Å². The highest BCUT2D eigenvalue weighted by Gasteiger charge is 2.54. The van der Waals surface area contributed by atoms with Gasteiger partial charge in [-0.15, -0.1) is 0 Å². The number of benzene rings is 2. The van der Waals surface area contributed by atoms with E-state index in [1.165, 1.54) is 25.3 Å². The monoisotopic (exact) mass is 762 g/mol. The van der Waals surface area contributed by atoms with E-state index >= 15 is 0 Å². The molecule has 0 radical (unpaired) electrons. The number of piperidine rings is 1. The number of nitrogens with one attached hydrogen (secondary N) is 1. The second kappa shape index (κ2) is 16.4. The van der Waals surface area contributed by atoms with Crippen LogP contribution in [0.25, 0.3) is 0 Å². The van der Waals surface area contributed by atoms with Gasteiger partial charge >= 0.3 is 6.09 Å². The SMILES string of the molecule is COC(=O)N[C@H]1CCC[C@@H]1[C@](C#N)(c1cccc(F)c1)C1C[C@@H](C)N(CC2CN(c3ccc(S(=O)(=O)C4CN(C(=O)/C=C/CN(C)C)C4)cc3)C2)[C@@H](C)C1. The van der Waals surface area contributed by atoms with Crippen LogP contribution in [-0.2, 0) is 24.8 Å². The highest BCUT2D eigenvalue weighted by molar-refractivity contribution is 7.92. The minimum absolute atomic E-state index is 0.0308. The quantitative estimate of drug-likeness (QED) is 0.303. The van der Waals surface area contributed by atoms with Crippen molar-refractivity contribution < 1.29 is 27.1 Å². The van der Waals surface area contributed by atoms with Crippen molar-refractivity contribution in [2.75, 3.05) is 65.4 Å². The Balaban J connectivity index is 1.06. The molecule has 0 aromatic heterocycles. The fraction of sp³-hybridized carbons (Fsp3) is 0.585. The van der Waals surface area contributed by atoms with Crippen molar-refractivity contribution in [2.45, 2.75) is 79.6 Å². The fourth-order valence-corrected chi connectivity index (χ4v) is 11.2. The third-order valence-corrected chi connectivity index (χ3v) is 14.5. The maximum atomic E-state index is 14.8. The highest BCUT2D eigenvalue weighted by atomic mass is 32.2. The molecule has 2 aromatic rings. The Hall–Kier alpha value is -3.99. The third kappa shape index (κ3) is 8.02. The molecule has 6 rings (SSSR count). The molecule has 2 amide bonds. The van der Waals surface area contributed by atoms with Crippen molar-refractivity contribution in [3.05, 3.63) is 72.1 Å². The summed E-state index contributed by atoms with van der Waals surface area (Å²) in [7, 11) is 1.63. The van der Waals surface area contributed by atoms with Crippen LogP contribution in [0.15, 0.2) is 65.6 Å². The summed E-state index contributed by atoms with van der Waals surface area (Å²) in [5, 5.41) is 13.5. The molecule has 4 fully saturated rings. The van der Waals surface area contributed by atoms with E-state index in [1.54, 1.807) is 29.2 Å². The second-order valence-electron chi connectivity index (χ2n) is 16.2. The zero-order valence-corrected chi connectivity index (χ0v) is 33.0. The average molecular weight is 763 g/mol. The van der Waals surface area contributed by atoms with Crippen molar-refractivity contribution >= 4 is 27.5 Å². The molecule has 2 aromatic carbocycles. The predicted octanol–water partition coefficient (Wildman–Crippen LogP) is 4.84. The smallest absolute Gasteiger partial charge is 0.407 e. The van der Waals surface area contributed by atoms with Gasteiger partial charge in [0.1, 0.15) is 11.1 Å². The van der Waals surface area contributed by atoms with E-state index in [9.17, 15) is 27.7 Å². The Morgan fingerprint density at radius 1 is 1.06 bits per heavy atom. The molecule has 1 unspecified atom stereocenters. The molecular formula is C41H55FN6O5S. The number of hydrogen-bond acceptors (Lipinski definition) is 9. The molecule has 11 nitrogen and oxygen atoms in total. The number of likely N-dealkylation sites (tertiary alicyclic amines) is 2. The Morgan fingerprint density at radius 2 is 1.74 bits per heavy atom. The standard InChI is InChI=1S/C41H55FN6O5S/c1-28-19-32(41(27-43,31-9-6-10-33(42)21-31)37-11-7-12-38(37)44-40(50)53-5)20-29(2)48(28)24-30-22-46(23-30)34-14-16-35(17-15-34)54(51,52)36-25-47(26-36)39(49)13-8-18-45(3)4/h6,8-10,13-17,21,28-30,32,36-38H,7,11-12,18-20,22-26H2,1-5H3,(H,44,50)/b13-8+/t28-,29+,32?,37-,38-,41+/m0/s1. The molecule has 1 N–H and O–H groups in total. The van der Waals surface area contributed by atoms with Gasteiger partial charge in [0.25, 0.3) is 0 Å². The van der Waals surface area contributed by atoms with E-state index in [0.717, 1.165) is 57.4 Å². The van der Waals surface area contributed by atoms with Crippen molar-refractivity contribution in [3.8, 4) is 6.07 Å². The minimum Gasteiger partial charge on any atom is -0.453 e. The normalized spacial score (nSPS) is 26.6. The number of ether oxygens (including phenoxy) is 1. The predicted molar refractivity (Wildman–Crippen MR) is 206 cm³/mol. The van der Waals surface area contributed by atoms with Gasteiger partial charge in [-0.25, -0.2) is 17.6 Å². The number of methoxy groups -OCH3 is 1. The van der Waals surface area contributed by atoms with Crippen molar-refractivity contribution in [1.82, 2.24) is 20.0 Å². The molecule has 0 spiro atoms. The van der Waals surface area contributed by atoms with E-state index in [0.29, 0.717) is 18.0 Å². The molecule has 13 heteroatoms. The molecule has 1 aliphatic carbocycles. The van der Waals surface area contributed by atoms with E-state index < -0.39 is 26.6 Å². The van der Waals surface area contributed by atoms with Gasteiger partial charge in [-0.3, -0.25) is 9.69 Å².